The molecular weight excluding hydrogens is 493 g/mol. The number of phenolic OH excluding ortho intramolecular Hbond substituents is 1. The van der Waals surface area contributed by atoms with Gasteiger partial charge in [-0.05, 0) is 56.8 Å². The van der Waals surface area contributed by atoms with E-state index in [-0.39, 0.29) is 61.3 Å². The Morgan fingerprint density at radius 1 is 1.32 bits per heavy atom. The van der Waals surface area contributed by atoms with Gasteiger partial charge in [0.25, 0.3) is 0 Å². The molecule has 1 saturated carbocycles. The third kappa shape index (κ3) is 1.70. The average molecular weight is 514 g/mol. The van der Waals surface area contributed by atoms with E-state index in [9.17, 15) is 10.2 Å². The number of hydrogen-bond donors (Lipinski definition) is 2. The predicted molar refractivity (Wildman–Crippen MR) is 77.7 cm³/mol. The molecule has 1 saturated heterocycles. The maximum absolute atomic E-state index is 10.5. The van der Waals surface area contributed by atoms with Gasteiger partial charge in [0.05, 0.1) is 6.10 Å². The van der Waals surface area contributed by atoms with Crippen molar-refractivity contribution in [2.45, 2.75) is 49.3 Å². The molecule has 0 amide bonds. The average Bonchev–Trinajstić information content (AvgIpc) is 2.83. The molecule has 115 valence electrons. The molecule has 1 aromatic rings. The minimum atomic E-state index is -0.414. The summed E-state index contributed by atoms with van der Waals surface area (Å²) in [5.41, 5.74) is 2.46. The monoisotopic (exact) mass is 514 g/mol. The Bertz CT molecular complexity index is 637. The van der Waals surface area contributed by atoms with E-state index in [0.29, 0.717) is 17.7 Å². The molecular formula is C17H21AcNO3. The molecule has 2 bridgehead atoms. The molecule has 5 heteroatoms. The molecule has 2 unspecified atom stereocenters. The van der Waals surface area contributed by atoms with Gasteiger partial charge in [-0.1, -0.05) is 6.07 Å². The van der Waals surface area contributed by atoms with E-state index in [1.807, 2.05) is 0 Å². The van der Waals surface area contributed by atoms with Gasteiger partial charge in [-0.15, -0.1) is 0 Å². The SMILES string of the molecule is CN1CCC23c4c5ccc(O)c4O[C@H]2[C@@H](O)CC[C@H]3C1C5.[Ac]. The minimum absolute atomic E-state index is 0. The van der Waals surface area contributed by atoms with Crippen molar-refractivity contribution in [3.63, 3.8) is 0 Å². The van der Waals surface area contributed by atoms with Crippen molar-refractivity contribution in [1.82, 2.24) is 4.90 Å². The number of ether oxygens (including phenoxy) is 1. The van der Waals surface area contributed by atoms with Crippen LogP contribution in [0.4, 0.5) is 0 Å². The van der Waals surface area contributed by atoms with Crippen LogP contribution in [0.3, 0.4) is 0 Å². The van der Waals surface area contributed by atoms with Crippen molar-refractivity contribution < 1.29 is 59.0 Å². The second-order valence-corrected chi connectivity index (χ2v) is 7.28. The standard InChI is InChI=1S/C17H21NO3.Ac/c1-18-7-6-17-10-3-5-13(20)16(17)21-15-12(19)4-2-9(14(15)17)8-11(10)18;/h2,4,10-11,13,16,19-20H,3,5-8H2,1H3;/t10-,11?,13-,16-,17?;/m0./s1. The number of hydrogen-bond acceptors (Lipinski definition) is 4. The summed E-state index contributed by atoms with van der Waals surface area (Å²) in [5.74, 6) is 1.44. The summed E-state index contributed by atoms with van der Waals surface area (Å²) in [6.07, 6.45) is 3.35. The Labute approximate surface area is 166 Å². The molecule has 1 radical (unpaired) electrons. The molecule has 1 spiro atoms. The molecule has 0 aromatic heterocycles. The molecule has 4 nitrogen and oxygen atoms in total. The van der Waals surface area contributed by atoms with Gasteiger partial charge in [-0.2, -0.15) is 0 Å². The zero-order chi connectivity index (χ0) is 14.4. The molecule has 2 heterocycles. The van der Waals surface area contributed by atoms with Crippen molar-refractivity contribution in [3.8, 4) is 11.5 Å². The number of rotatable bonds is 0. The van der Waals surface area contributed by atoms with Crippen LogP contribution in [0.25, 0.3) is 0 Å². The van der Waals surface area contributed by atoms with Crippen LogP contribution in [-0.2, 0) is 11.8 Å². The molecule has 2 aliphatic carbocycles. The van der Waals surface area contributed by atoms with E-state index in [0.717, 1.165) is 32.2 Å². The van der Waals surface area contributed by atoms with Crippen molar-refractivity contribution in [1.29, 1.82) is 0 Å². The Morgan fingerprint density at radius 3 is 2.95 bits per heavy atom. The Hall–Kier alpha value is 0.182. The maximum Gasteiger partial charge on any atom is 0.165 e. The van der Waals surface area contributed by atoms with Gasteiger partial charge in [-0.25, -0.2) is 0 Å². The van der Waals surface area contributed by atoms with Gasteiger partial charge in [0.2, 0.25) is 0 Å². The van der Waals surface area contributed by atoms with E-state index in [1.165, 1.54) is 11.1 Å². The van der Waals surface area contributed by atoms with Gasteiger partial charge in [0.1, 0.15) is 6.10 Å². The van der Waals surface area contributed by atoms with E-state index >= 15 is 0 Å². The number of likely N-dealkylation sites (N-methyl/N-ethyl adjacent to an activating group) is 1. The summed E-state index contributed by atoms with van der Waals surface area (Å²) < 4.78 is 6.14. The van der Waals surface area contributed by atoms with Crippen LogP contribution in [0.15, 0.2) is 12.1 Å². The quantitative estimate of drug-likeness (QED) is 0.551. The van der Waals surface area contributed by atoms with Crippen LogP contribution < -0.4 is 4.74 Å². The van der Waals surface area contributed by atoms with E-state index in [4.69, 9.17) is 4.74 Å². The van der Waals surface area contributed by atoms with E-state index < -0.39 is 6.10 Å². The number of likely N-dealkylation sites (tertiary alicyclic amines) is 1. The molecule has 2 aliphatic heterocycles. The van der Waals surface area contributed by atoms with E-state index in [2.05, 4.69) is 18.0 Å². The molecule has 22 heavy (non-hydrogen) atoms. The summed E-state index contributed by atoms with van der Waals surface area (Å²) in [6.45, 7) is 1.04. The van der Waals surface area contributed by atoms with Crippen LogP contribution in [0, 0.1) is 50.0 Å². The smallest absolute Gasteiger partial charge is 0.165 e. The molecule has 5 atom stereocenters. The molecule has 2 N–H and O–H groups in total. The van der Waals surface area contributed by atoms with Gasteiger partial charge in [0, 0.05) is 61.1 Å². The molecule has 5 rings (SSSR count). The van der Waals surface area contributed by atoms with Crippen LogP contribution in [0.5, 0.6) is 11.5 Å². The Morgan fingerprint density at radius 2 is 2.14 bits per heavy atom. The fourth-order valence-corrected chi connectivity index (χ4v) is 5.71. The number of piperidine rings is 1. The maximum atomic E-state index is 10.5. The van der Waals surface area contributed by atoms with E-state index in [1.54, 1.807) is 6.07 Å². The first-order chi connectivity index (χ1) is 10.1. The van der Waals surface area contributed by atoms with Crippen LogP contribution in [0.1, 0.15) is 30.4 Å². The summed E-state index contributed by atoms with van der Waals surface area (Å²) >= 11 is 0. The van der Waals surface area contributed by atoms with Crippen molar-refractivity contribution in [2.75, 3.05) is 13.6 Å². The predicted octanol–water partition coefficient (Wildman–Crippen LogP) is 1.42. The summed E-state index contributed by atoms with van der Waals surface area (Å²) in [4.78, 5) is 2.48. The van der Waals surface area contributed by atoms with Gasteiger partial charge in [-0.3, -0.25) is 0 Å². The third-order valence-corrected chi connectivity index (χ3v) is 6.56. The first-order valence-corrected chi connectivity index (χ1v) is 8.03. The zero-order valence-corrected chi connectivity index (χ0v) is 17.6. The number of phenols is 1. The number of nitrogens with zero attached hydrogens (tertiary/aromatic N) is 1. The third-order valence-electron chi connectivity index (χ3n) is 6.56. The van der Waals surface area contributed by atoms with Crippen LogP contribution in [0.2, 0.25) is 0 Å². The summed E-state index contributed by atoms with van der Waals surface area (Å²) in [6, 6.07) is 4.36. The fourth-order valence-electron chi connectivity index (χ4n) is 5.71. The molecule has 2 fully saturated rings. The molecule has 1 aromatic carbocycles. The normalized spacial score (nSPS) is 41.4. The number of aromatic hydroxyl groups is 1. The van der Waals surface area contributed by atoms with Crippen molar-refractivity contribution in [3.05, 3.63) is 23.3 Å². The number of aliphatic hydroxyl groups is 1. The number of benzene rings is 1. The van der Waals surface area contributed by atoms with Crippen LogP contribution in [-0.4, -0.2) is 47.0 Å². The minimum Gasteiger partial charge on any atom is -0.504 e. The summed E-state index contributed by atoms with van der Waals surface area (Å²) in [7, 11) is 2.22. The van der Waals surface area contributed by atoms with Gasteiger partial charge >= 0.3 is 0 Å². The van der Waals surface area contributed by atoms with Crippen molar-refractivity contribution >= 4 is 0 Å². The Kier molecular flexibility index (Phi) is 3.63. The van der Waals surface area contributed by atoms with Crippen molar-refractivity contribution in [2.24, 2.45) is 5.92 Å². The largest absolute Gasteiger partial charge is 0.504 e. The first-order valence-electron chi connectivity index (χ1n) is 8.03. The first kappa shape index (κ1) is 15.7. The summed E-state index contributed by atoms with van der Waals surface area (Å²) in [5, 5.41) is 20.8. The second-order valence-electron chi connectivity index (χ2n) is 7.28. The number of aliphatic hydroxyl groups excluding tert-OH is 1. The Balaban J connectivity index is 0.00000125. The second kappa shape index (κ2) is 5.09. The van der Waals surface area contributed by atoms with Crippen LogP contribution >= 0.6 is 0 Å². The van der Waals surface area contributed by atoms with Gasteiger partial charge < -0.3 is 19.8 Å². The zero-order valence-electron chi connectivity index (χ0n) is 12.8. The van der Waals surface area contributed by atoms with Gasteiger partial charge in [0.15, 0.2) is 11.5 Å². The molecule has 4 aliphatic rings. The fraction of sp³-hybridized carbons (Fsp3) is 0.647. The topological polar surface area (TPSA) is 52.9 Å².